The van der Waals surface area contributed by atoms with Crippen LogP contribution in [0.3, 0.4) is 0 Å². The van der Waals surface area contributed by atoms with Crippen molar-refractivity contribution in [3.8, 4) is 0 Å². The Morgan fingerprint density at radius 3 is 2.24 bits per heavy atom. The van der Waals surface area contributed by atoms with Crippen LogP contribution >= 0.6 is 12.2 Å². The average molecular weight is 524 g/mol. The molecule has 1 aromatic heterocycles. The Balaban J connectivity index is 1.26. The third-order valence-corrected chi connectivity index (χ3v) is 6.64. The molecule has 0 radical (unpaired) electrons. The molecule has 3 amide bonds. The largest absolute Gasteiger partial charge is 0.357 e. The van der Waals surface area contributed by atoms with Crippen LogP contribution in [0.25, 0.3) is 10.8 Å². The number of thiocarbonyl (C=S) groups is 1. The standard InChI is InChI=1S/C29H25N5O3S/c35-26(25-22-11-5-4-10-20(22)16-17-30-25)32-33-29(38)31-21(15-14-19-8-2-1-3-9-19)18-34-27(36)23-12-6-7-13-24(23)28(34)37/h1-13,16-17,21H,14-15,18H2,(H,32,35)(H2,31,33,38). The number of pyridine rings is 1. The normalized spacial score (nSPS) is 13.2. The minimum Gasteiger partial charge on any atom is -0.357 e. The van der Waals surface area contributed by atoms with Crippen molar-refractivity contribution in [1.82, 2.24) is 26.1 Å². The van der Waals surface area contributed by atoms with E-state index in [2.05, 4.69) is 21.2 Å². The molecule has 4 aromatic rings. The molecule has 3 aromatic carbocycles. The zero-order valence-electron chi connectivity index (χ0n) is 20.4. The summed E-state index contributed by atoms with van der Waals surface area (Å²) in [6.07, 6.45) is 2.88. The molecule has 0 saturated carbocycles. The molecule has 190 valence electrons. The molecule has 9 heteroatoms. The van der Waals surface area contributed by atoms with Crippen molar-refractivity contribution < 1.29 is 14.4 Å². The predicted octanol–water partition coefficient (Wildman–Crippen LogP) is 3.64. The highest BCUT2D eigenvalue weighted by Crippen LogP contribution is 2.23. The minimum absolute atomic E-state index is 0.125. The number of amides is 3. The molecule has 38 heavy (non-hydrogen) atoms. The second-order valence-corrected chi connectivity index (χ2v) is 9.33. The van der Waals surface area contributed by atoms with Gasteiger partial charge in [0.25, 0.3) is 17.7 Å². The molecular formula is C29H25N5O3S. The van der Waals surface area contributed by atoms with Gasteiger partial charge in [0.05, 0.1) is 11.1 Å². The van der Waals surface area contributed by atoms with Crippen LogP contribution in [0.2, 0.25) is 0 Å². The van der Waals surface area contributed by atoms with Gasteiger partial charge in [-0.15, -0.1) is 0 Å². The van der Waals surface area contributed by atoms with E-state index in [1.54, 1.807) is 30.5 Å². The van der Waals surface area contributed by atoms with Gasteiger partial charge in [0.15, 0.2) is 5.11 Å². The fourth-order valence-electron chi connectivity index (χ4n) is 4.51. The predicted molar refractivity (Wildman–Crippen MR) is 148 cm³/mol. The summed E-state index contributed by atoms with van der Waals surface area (Å²) in [5, 5.41) is 4.95. The highest BCUT2D eigenvalue weighted by atomic mass is 32.1. The number of rotatable bonds is 7. The third-order valence-electron chi connectivity index (χ3n) is 6.42. The Morgan fingerprint density at radius 1 is 0.842 bits per heavy atom. The zero-order valence-corrected chi connectivity index (χ0v) is 21.2. The summed E-state index contributed by atoms with van der Waals surface area (Å²) in [6, 6.07) is 25.7. The van der Waals surface area contributed by atoms with Gasteiger partial charge in [0.1, 0.15) is 5.69 Å². The first kappa shape index (κ1) is 25.0. The number of nitrogens with one attached hydrogen (secondary N) is 3. The topological polar surface area (TPSA) is 103 Å². The summed E-state index contributed by atoms with van der Waals surface area (Å²) in [6.45, 7) is 0.125. The molecule has 1 aliphatic rings. The molecule has 0 bridgehead atoms. The van der Waals surface area contributed by atoms with E-state index < -0.39 is 5.91 Å². The number of hydrogen-bond donors (Lipinski definition) is 3. The Hall–Kier alpha value is -4.63. The van der Waals surface area contributed by atoms with Crippen molar-refractivity contribution in [2.24, 2.45) is 0 Å². The van der Waals surface area contributed by atoms with Gasteiger partial charge in [0.2, 0.25) is 0 Å². The maximum absolute atomic E-state index is 12.9. The van der Waals surface area contributed by atoms with Crippen LogP contribution in [0.4, 0.5) is 0 Å². The Morgan fingerprint density at radius 2 is 1.50 bits per heavy atom. The van der Waals surface area contributed by atoms with Gasteiger partial charge < -0.3 is 5.32 Å². The number of carbonyl (C=O) groups excluding carboxylic acids is 3. The smallest absolute Gasteiger partial charge is 0.288 e. The summed E-state index contributed by atoms with van der Waals surface area (Å²) in [5.74, 6) is -1.09. The van der Waals surface area contributed by atoms with E-state index in [0.717, 1.165) is 16.3 Å². The Kier molecular flexibility index (Phi) is 7.37. The lowest BCUT2D eigenvalue weighted by Gasteiger charge is -2.25. The monoisotopic (exact) mass is 523 g/mol. The zero-order chi connectivity index (χ0) is 26.5. The first-order chi connectivity index (χ1) is 18.5. The number of aryl methyl sites for hydroxylation is 1. The van der Waals surface area contributed by atoms with Crippen molar-refractivity contribution in [1.29, 1.82) is 0 Å². The molecule has 0 aliphatic carbocycles. The Labute approximate surface area is 225 Å². The number of aromatic nitrogens is 1. The van der Waals surface area contributed by atoms with E-state index in [1.807, 2.05) is 60.7 Å². The molecule has 1 atom stereocenters. The molecule has 8 nitrogen and oxygen atoms in total. The number of carbonyl (C=O) groups is 3. The fraction of sp³-hybridized carbons (Fsp3) is 0.138. The summed E-state index contributed by atoms with van der Waals surface area (Å²) in [4.78, 5) is 44.2. The van der Waals surface area contributed by atoms with Crippen molar-refractivity contribution in [2.45, 2.75) is 18.9 Å². The van der Waals surface area contributed by atoms with Gasteiger partial charge in [-0.2, -0.15) is 0 Å². The number of nitrogens with zero attached hydrogens (tertiary/aromatic N) is 2. The van der Waals surface area contributed by atoms with Gasteiger partial charge in [-0.05, 0) is 54.2 Å². The summed E-state index contributed by atoms with van der Waals surface area (Å²) in [5.41, 5.74) is 7.51. The minimum atomic E-state index is -0.438. The van der Waals surface area contributed by atoms with Gasteiger partial charge in [-0.25, -0.2) is 0 Å². The van der Waals surface area contributed by atoms with Crippen LogP contribution in [0.1, 0.15) is 43.2 Å². The van der Waals surface area contributed by atoms with Gasteiger partial charge in [-0.3, -0.25) is 35.1 Å². The molecule has 0 saturated heterocycles. The maximum Gasteiger partial charge on any atom is 0.288 e. The van der Waals surface area contributed by atoms with Crippen molar-refractivity contribution in [3.05, 3.63) is 114 Å². The lowest BCUT2D eigenvalue weighted by Crippen LogP contribution is -2.53. The Bertz CT molecular complexity index is 1480. The molecule has 0 fully saturated rings. The summed E-state index contributed by atoms with van der Waals surface area (Å²) < 4.78 is 0. The lowest BCUT2D eigenvalue weighted by atomic mass is 10.0. The van der Waals surface area contributed by atoms with Crippen molar-refractivity contribution in [2.75, 3.05) is 6.54 Å². The first-order valence-electron chi connectivity index (χ1n) is 12.2. The maximum atomic E-state index is 12.9. The highest BCUT2D eigenvalue weighted by molar-refractivity contribution is 7.80. The van der Waals surface area contributed by atoms with Crippen LogP contribution in [-0.4, -0.2) is 45.3 Å². The van der Waals surface area contributed by atoms with Crippen LogP contribution in [0.5, 0.6) is 0 Å². The van der Waals surface area contributed by atoms with Crippen LogP contribution < -0.4 is 16.2 Å². The second-order valence-electron chi connectivity index (χ2n) is 8.92. The second kappa shape index (κ2) is 11.2. The van der Waals surface area contributed by atoms with Gasteiger partial charge >= 0.3 is 0 Å². The first-order valence-corrected chi connectivity index (χ1v) is 12.6. The molecule has 2 heterocycles. The van der Waals surface area contributed by atoms with E-state index in [9.17, 15) is 14.4 Å². The average Bonchev–Trinajstić information content (AvgIpc) is 3.19. The number of benzene rings is 3. The van der Waals surface area contributed by atoms with E-state index in [-0.39, 0.29) is 35.2 Å². The number of hydrazine groups is 1. The molecule has 1 aliphatic heterocycles. The van der Waals surface area contributed by atoms with Crippen LogP contribution in [0.15, 0.2) is 91.1 Å². The number of hydrogen-bond acceptors (Lipinski definition) is 5. The van der Waals surface area contributed by atoms with E-state index in [4.69, 9.17) is 12.2 Å². The highest BCUT2D eigenvalue weighted by Gasteiger charge is 2.36. The quantitative estimate of drug-likeness (QED) is 0.193. The third kappa shape index (κ3) is 5.37. The van der Waals surface area contributed by atoms with Gasteiger partial charge in [0, 0.05) is 24.2 Å². The fourth-order valence-corrected chi connectivity index (χ4v) is 4.73. The molecule has 0 spiro atoms. The number of imide groups is 1. The van der Waals surface area contributed by atoms with Crippen LogP contribution in [0, 0.1) is 0 Å². The van der Waals surface area contributed by atoms with E-state index in [0.29, 0.717) is 24.0 Å². The van der Waals surface area contributed by atoms with Crippen molar-refractivity contribution >= 4 is 45.8 Å². The molecular weight excluding hydrogens is 498 g/mol. The molecule has 1 unspecified atom stereocenters. The van der Waals surface area contributed by atoms with E-state index in [1.165, 1.54) is 4.90 Å². The van der Waals surface area contributed by atoms with Crippen LogP contribution in [-0.2, 0) is 6.42 Å². The molecule has 5 rings (SSSR count). The SMILES string of the molecule is O=C(NNC(=S)NC(CCc1ccccc1)CN1C(=O)c2ccccc2C1=O)c1nccc2ccccc12. The van der Waals surface area contributed by atoms with Crippen molar-refractivity contribution in [3.63, 3.8) is 0 Å². The lowest BCUT2D eigenvalue weighted by molar-refractivity contribution is 0.0640. The summed E-state index contributed by atoms with van der Waals surface area (Å²) in [7, 11) is 0. The van der Waals surface area contributed by atoms with Gasteiger partial charge in [-0.1, -0.05) is 66.7 Å². The van der Waals surface area contributed by atoms with E-state index >= 15 is 0 Å². The summed E-state index contributed by atoms with van der Waals surface area (Å²) >= 11 is 5.45. The molecule has 3 N–H and O–H groups in total. The number of fused-ring (bicyclic) bond motifs is 2.